The first-order valence-corrected chi connectivity index (χ1v) is 18.1. The monoisotopic (exact) mass is 693 g/mol. The summed E-state index contributed by atoms with van der Waals surface area (Å²) in [6, 6.07) is 24.1. The number of aliphatic hydroxyl groups is 1. The van der Waals surface area contributed by atoms with Crippen molar-refractivity contribution < 1.29 is 28.9 Å². The van der Waals surface area contributed by atoms with Gasteiger partial charge in [0, 0.05) is 17.7 Å². The molecule has 1 aromatic heterocycles. The van der Waals surface area contributed by atoms with Crippen LogP contribution in [-0.4, -0.2) is 46.3 Å². The average Bonchev–Trinajstić information content (AvgIpc) is 3.81. The van der Waals surface area contributed by atoms with Crippen LogP contribution in [0.5, 0.6) is 17.2 Å². The lowest BCUT2D eigenvalue weighted by molar-refractivity contribution is -0.132. The highest BCUT2D eigenvalue weighted by molar-refractivity contribution is 8.00. The number of ether oxygens (including phenoxy) is 3. The zero-order valence-corrected chi connectivity index (χ0v) is 29.0. The first kappa shape index (κ1) is 32.7. The number of carbonyl (C=O) groups excluding carboxylic acids is 2. The van der Waals surface area contributed by atoms with Gasteiger partial charge in [-0.1, -0.05) is 78.6 Å². The van der Waals surface area contributed by atoms with Crippen molar-refractivity contribution in [2.75, 3.05) is 18.1 Å². The second-order valence-electron chi connectivity index (χ2n) is 11.9. The quantitative estimate of drug-likeness (QED) is 0.0482. The van der Waals surface area contributed by atoms with Crippen LogP contribution < -0.4 is 19.1 Å². The van der Waals surface area contributed by atoms with Gasteiger partial charge in [0.05, 0.1) is 24.8 Å². The maximum atomic E-state index is 13.9. The summed E-state index contributed by atoms with van der Waals surface area (Å²) in [5, 5.41) is 23.2. The van der Waals surface area contributed by atoms with Gasteiger partial charge in [-0.25, -0.2) is 0 Å². The van der Waals surface area contributed by atoms with E-state index in [4.69, 9.17) is 14.2 Å². The van der Waals surface area contributed by atoms with Gasteiger partial charge in [0.1, 0.15) is 17.6 Å². The van der Waals surface area contributed by atoms with Crippen molar-refractivity contribution in [1.82, 2.24) is 10.2 Å². The average molecular weight is 694 g/mol. The van der Waals surface area contributed by atoms with Crippen LogP contribution in [-0.2, 0) is 21.8 Å². The zero-order valence-electron chi connectivity index (χ0n) is 27.3. The van der Waals surface area contributed by atoms with E-state index >= 15 is 0 Å². The molecular formula is C38H35N3O6S2. The van der Waals surface area contributed by atoms with Crippen molar-refractivity contribution in [3.8, 4) is 17.2 Å². The van der Waals surface area contributed by atoms with Crippen LogP contribution in [0.15, 0.2) is 88.8 Å². The van der Waals surface area contributed by atoms with Crippen LogP contribution >= 0.6 is 23.1 Å². The minimum atomic E-state index is -0.994. The number of benzene rings is 4. The summed E-state index contributed by atoms with van der Waals surface area (Å²) in [5.74, 6) is 0.551. The van der Waals surface area contributed by atoms with Gasteiger partial charge in [0.2, 0.25) is 5.13 Å². The molecule has 0 aliphatic carbocycles. The van der Waals surface area contributed by atoms with Gasteiger partial charge in [-0.15, -0.1) is 10.2 Å². The number of nitrogens with zero attached hydrogens (tertiary/aromatic N) is 3. The van der Waals surface area contributed by atoms with Crippen molar-refractivity contribution in [3.05, 3.63) is 107 Å². The van der Waals surface area contributed by atoms with Crippen LogP contribution in [0, 0.1) is 0 Å². The maximum absolute atomic E-state index is 13.9. The number of carbonyl (C=O) groups is 2. The Bertz CT molecular complexity index is 2090. The Kier molecular flexibility index (Phi) is 9.29. The van der Waals surface area contributed by atoms with Crippen molar-refractivity contribution in [2.45, 2.75) is 55.9 Å². The molecule has 0 bridgehead atoms. The number of anilines is 1. The van der Waals surface area contributed by atoms with Crippen LogP contribution in [0.4, 0.5) is 5.13 Å². The number of aliphatic hydroxyl groups excluding tert-OH is 1. The SMILES string of the molecule is CCCOc1ccc([C@H]2C(=C(O)c3ccc4c(c3)C[C@H](C)O4)C(=O)C(=O)N2c2nnc(SCc3cccc4ccccc34)s2)cc1OCC. The number of ketones is 1. The van der Waals surface area contributed by atoms with E-state index in [0.29, 0.717) is 52.4 Å². The topological polar surface area (TPSA) is 111 Å². The lowest BCUT2D eigenvalue weighted by atomic mass is 9.94. The molecule has 2 aliphatic heterocycles. The smallest absolute Gasteiger partial charge is 0.301 e. The summed E-state index contributed by atoms with van der Waals surface area (Å²) in [6.45, 7) is 6.76. The molecule has 2 atom stereocenters. The van der Waals surface area contributed by atoms with Gasteiger partial charge in [0.25, 0.3) is 5.78 Å². The molecule has 1 saturated heterocycles. The molecule has 0 spiro atoms. The zero-order chi connectivity index (χ0) is 34.1. The first-order chi connectivity index (χ1) is 23.9. The molecule has 9 nitrogen and oxygen atoms in total. The Morgan fingerprint density at radius 3 is 2.67 bits per heavy atom. The van der Waals surface area contributed by atoms with Crippen LogP contribution in [0.3, 0.4) is 0 Å². The largest absolute Gasteiger partial charge is 0.507 e. The number of rotatable bonds is 11. The van der Waals surface area contributed by atoms with Crippen molar-refractivity contribution in [1.29, 1.82) is 0 Å². The highest BCUT2D eigenvalue weighted by Gasteiger charge is 2.48. The fraction of sp³-hybridized carbons (Fsp3) is 0.263. The molecule has 1 N–H and O–H groups in total. The van der Waals surface area contributed by atoms with E-state index in [0.717, 1.165) is 34.1 Å². The summed E-state index contributed by atoms with van der Waals surface area (Å²) in [6.07, 6.45) is 1.50. The number of hydrogen-bond acceptors (Lipinski definition) is 10. The van der Waals surface area contributed by atoms with E-state index in [2.05, 4.69) is 34.5 Å². The summed E-state index contributed by atoms with van der Waals surface area (Å²) in [4.78, 5) is 29.1. The number of hydrogen-bond donors (Lipinski definition) is 1. The Labute approximate surface area is 292 Å². The van der Waals surface area contributed by atoms with E-state index in [1.807, 2.05) is 45.0 Å². The van der Waals surface area contributed by atoms with Crippen LogP contribution in [0.2, 0.25) is 0 Å². The number of amides is 1. The van der Waals surface area contributed by atoms with E-state index < -0.39 is 17.7 Å². The van der Waals surface area contributed by atoms with Crippen molar-refractivity contribution in [3.63, 3.8) is 0 Å². The van der Waals surface area contributed by atoms with Gasteiger partial charge in [-0.2, -0.15) is 0 Å². The Morgan fingerprint density at radius 2 is 1.84 bits per heavy atom. The molecule has 7 rings (SSSR count). The molecule has 0 saturated carbocycles. The number of aromatic nitrogens is 2. The third kappa shape index (κ3) is 6.36. The van der Waals surface area contributed by atoms with Crippen molar-refractivity contribution in [2.24, 2.45) is 0 Å². The minimum Gasteiger partial charge on any atom is -0.507 e. The standard InChI is InChI=1S/C38H35N3O6S2/c1-4-17-46-30-16-13-24(20-31(30)45-5-2)33-32(34(42)25-14-15-29-27(19-25)18-22(3)47-29)35(43)36(44)41(33)37-39-40-38(49-37)48-21-26-11-8-10-23-9-6-7-12-28(23)26/h6-16,19-20,22,33,42H,4-5,17-18,21H2,1-3H3/t22-,33-/m0/s1. The van der Waals surface area contributed by atoms with Crippen molar-refractivity contribution >= 4 is 56.5 Å². The van der Waals surface area contributed by atoms with E-state index in [1.165, 1.54) is 28.0 Å². The van der Waals surface area contributed by atoms with Gasteiger partial charge < -0.3 is 19.3 Å². The van der Waals surface area contributed by atoms with Gasteiger partial charge in [-0.3, -0.25) is 14.5 Å². The van der Waals surface area contributed by atoms with Crippen LogP contribution in [0.1, 0.15) is 55.5 Å². The second-order valence-corrected chi connectivity index (χ2v) is 14.1. The lowest BCUT2D eigenvalue weighted by Crippen LogP contribution is -2.29. The van der Waals surface area contributed by atoms with Crippen LogP contribution in [0.25, 0.3) is 16.5 Å². The minimum absolute atomic E-state index is 0.00786. The highest BCUT2D eigenvalue weighted by atomic mass is 32.2. The molecule has 5 aromatic rings. The summed E-state index contributed by atoms with van der Waals surface area (Å²) in [5.41, 5.74) is 3.03. The molecule has 2 aliphatic rings. The van der Waals surface area contributed by atoms with E-state index in [1.54, 1.807) is 30.3 Å². The fourth-order valence-corrected chi connectivity index (χ4v) is 8.15. The molecule has 3 heterocycles. The van der Waals surface area contributed by atoms with E-state index in [-0.39, 0.29) is 22.6 Å². The Hall–Kier alpha value is -4.87. The Morgan fingerprint density at radius 1 is 1.00 bits per heavy atom. The lowest BCUT2D eigenvalue weighted by Gasteiger charge is -2.23. The predicted octanol–water partition coefficient (Wildman–Crippen LogP) is 8.12. The third-order valence-corrected chi connectivity index (χ3v) is 10.6. The number of Topliss-reactive ketones (excluding diaryl/α,β-unsaturated/α-hetero) is 1. The molecule has 49 heavy (non-hydrogen) atoms. The molecule has 0 unspecified atom stereocenters. The first-order valence-electron chi connectivity index (χ1n) is 16.3. The molecule has 0 radical (unpaired) electrons. The van der Waals surface area contributed by atoms with Gasteiger partial charge in [0.15, 0.2) is 15.8 Å². The molecular weight excluding hydrogens is 659 g/mol. The Balaban J connectivity index is 1.28. The van der Waals surface area contributed by atoms with Gasteiger partial charge >= 0.3 is 5.91 Å². The molecule has 1 fully saturated rings. The normalized spacial score (nSPS) is 18.1. The van der Waals surface area contributed by atoms with Gasteiger partial charge in [-0.05, 0) is 78.1 Å². The number of thioether (sulfide) groups is 1. The second kappa shape index (κ2) is 13.9. The summed E-state index contributed by atoms with van der Waals surface area (Å²) in [7, 11) is 0. The molecule has 1 amide bonds. The maximum Gasteiger partial charge on any atom is 0.301 e. The molecule has 11 heteroatoms. The third-order valence-electron chi connectivity index (χ3n) is 8.49. The van der Waals surface area contributed by atoms with E-state index in [9.17, 15) is 14.7 Å². The fourth-order valence-electron chi connectivity index (χ4n) is 6.28. The summed E-state index contributed by atoms with van der Waals surface area (Å²) < 4.78 is 18.4. The molecule has 250 valence electrons. The predicted molar refractivity (Wildman–Crippen MR) is 192 cm³/mol. The number of fused-ring (bicyclic) bond motifs is 2. The molecule has 4 aromatic carbocycles. The summed E-state index contributed by atoms with van der Waals surface area (Å²) >= 11 is 2.74. The highest BCUT2D eigenvalue weighted by Crippen LogP contribution is 2.46.